The van der Waals surface area contributed by atoms with Crippen molar-refractivity contribution in [3.63, 3.8) is 0 Å². The summed E-state index contributed by atoms with van der Waals surface area (Å²) in [6.45, 7) is 14.6. The average Bonchev–Trinajstić information content (AvgIpc) is 1.36. The molecule has 0 aromatic carbocycles. The van der Waals surface area contributed by atoms with E-state index in [-0.39, 0.29) is 110 Å². The van der Waals surface area contributed by atoms with Gasteiger partial charge in [0.1, 0.15) is 11.5 Å². The summed E-state index contributed by atoms with van der Waals surface area (Å²) >= 11 is 9.57. The van der Waals surface area contributed by atoms with Crippen molar-refractivity contribution >= 4 is 96.6 Å². The Morgan fingerprint density at radius 3 is 1.13 bits per heavy atom. The van der Waals surface area contributed by atoms with Crippen LogP contribution in [0.1, 0.15) is 230 Å². The predicted octanol–water partition coefficient (Wildman–Crippen LogP) is 5.66. The van der Waals surface area contributed by atoms with E-state index in [0.29, 0.717) is 115 Å². The molecule has 6 aromatic rings. The van der Waals surface area contributed by atoms with Crippen molar-refractivity contribution in [2.24, 2.45) is 12.9 Å². The number of nitrogens with zero attached hydrogens (tertiary/aromatic N) is 3. The van der Waals surface area contributed by atoms with E-state index in [1.54, 1.807) is 74.2 Å². The smallest absolute Gasteiger partial charge is 0.473 e. The molecule has 33 nitrogen and oxygen atoms in total. The van der Waals surface area contributed by atoms with Crippen LogP contribution in [-0.4, -0.2) is 182 Å². The van der Waals surface area contributed by atoms with Crippen LogP contribution in [0.5, 0.6) is 0 Å². The SMILES string of the molecule is CC1(O)C=CC(=O)C2(CCCCO2)O1.CC1CCCC(=O)O1.CC1CCCC(O)(c2ccco2)O1.CC1CCCC2(OC(O)C=CC2=O)O1.Cc1ccc(C2(O)CCCCO2)o1.Cc1ccco1.O=C1C=CC(O)OC12CCCCO2.O=C1CCCCO1.O=C1CCCCO1.OC1(c2ccco2)CCCCO1.[B]=NS.[B]=NS.[B]=NS.[Li+].[Li+].[Li+].c1ccoc1.c1ccoc1. The van der Waals surface area contributed by atoms with Crippen LogP contribution in [0, 0.1) is 13.8 Å². The van der Waals surface area contributed by atoms with Gasteiger partial charge < -0.3 is 114 Å². The molecule has 129 heavy (non-hydrogen) atoms. The Kier molecular flexibility index (Phi) is 63.3. The molecule has 6 aromatic heterocycles. The Balaban J connectivity index is 0.000000704. The van der Waals surface area contributed by atoms with Gasteiger partial charge in [-0.15, -0.1) is 0 Å². The molecule has 693 valence electrons. The van der Waals surface area contributed by atoms with Gasteiger partial charge in [0.2, 0.25) is 52.1 Å². The standard InChI is InChI=1S/2C10H14O4.2C10H14O3.C9H12O4.C9H12O3.C6H10O2.2C5H8O2.C5H6O.2C4H4O.3BHNS.3Li/c1-7-3-2-6-10(13-7)8(11)4-5-9(12)14-10;1-9(12)6-4-8(11)10(14-9)5-2-3-7-13-10;1-8-4-2-6-10(11,13-8)9-5-3-7-12-9;1-8-4-5-9(13-8)10(11)6-2-3-7-12-10;10-7-3-4-8(11)13-9(7)5-1-2-6-12-9;10-9(5-1-2-7-12-9)8-4-3-6-11-8;1-5-3-2-4-6(7)8-5;2*6-5-3-1-2-4-7-5;1-5-3-2-4-6-5;2*1-2-4-5-3-1;3*1-2-3;;;/h4-5,7,9,12H,2-3,6H2,1H3;4,6,12H,2-3,5,7H2,1H3;3,5,7-8,11H,2,4,6H2,1H3;4-5,11H,2-3,6-7H2,1H3;3-4,8,11H,1-2,5-6H2;3-4,6,10H,1-2,5,7H2;5H,2-4H2,1H3;2*1-4H2;2-4H,1H3;2*1-4H;3*3H;;;/q;;;;;;;;;;;;;;;3*+1. The number of ether oxygens (including phenoxy) is 12. The summed E-state index contributed by atoms with van der Waals surface area (Å²) in [7, 11) is 13.0. The van der Waals surface area contributed by atoms with E-state index in [9.17, 15) is 59.4 Å². The molecular weight excluding hydrogens is 1720 g/mol. The molecule has 0 amide bonds. The van der Waals surface area contributed by atoms with Gasteiger partial charge >= 0.3 is 149 Å². The predicted molar refractivity (Wildman–Crippen MR) is 468 cm³/mol. The summed E-state index contributed by atoms with van der Waals surface area (Å²) in [6.07, 6.45) is 40.4. The molecule has 12 aliphatic heterocycles. The second kappa shape index (κ2) is 67.4. The van der Waals surface area contributed by atoms with Gasteiger partial charge in [0.15, 0.2) is 35.6 Å². The van der Waals surface area contributed by atoms with Crippen LogP contribution >= 0.6 is 38.4 Å². The van der Waals surface area contributed by atoms with Crippen molar-refractivity contribution < 1.29 is 199 Å². The second-order valence-corrected chi connectivity index (χ2v) is 30.6. The van der Waals surface area contributed by atoms with Gasteiger partial charge in [0, 0.05) is 57.8 Å². The van der Waals surface area contributed by atoms with Gasteiger partial charge in [-0.25, -0.2) is 0 Å². The van der Waals surface area contributed by atoms with Crippen molar-refractivity contribution in [2.75, 3.05) is 39.6 Å². The molecule has 12 atom stereocenters. The summed E-state index contributed by atoms with van der Waals surface area (Å²) in [5.74, 6) is -5.94. The summed E-state index contributed by atoms with van der Waals surface area (Å²) < 4.78 is 99.7. The number of hydrogen-bond donors (Lipinski definition) is 9. The zero-order valence-electron chi connectivity index (χ0n) is 75.6. The molecule has 12 unspecified atom stereocenters. The fraction of sp³-hybridized carbons (Fsp3) is 0.586. The van der Waals surface area contributed by atoms with E-state index < -0.39 is 53.1 Å². The maximum absolute atomic E-state index is 11.6. The van der Waals surface area contributed by atoms with Crippen molar-refractivity contribution in [2.45, 2.75) is 286 Å². The molecule has 0 bridgehead atoms. The fourth-order valence-corrected chi connectivity index (χ4v) is 13.2. The zero-order chi connectivity index (χ0) is 92.6. The largest absolute Gasteiger partial charge is 1.00 e. The van der Waals surface area contributed by atoms with Gasteiger partial charge in [-0.3, -0.25) is 28.8 Å². The number of thiol groups is 3. The molecule has 9 fully saturated rings. The minimum absolute atomic E-state index is 0. The topological polar surface area (TPSA) is 450 Å². The number of hydrogen-bond acceptors (Lipinski definition) is 36. The zero-order valence-corrected chi connectivity index (χ0v) is 78.2. The molecule has 18 rings (SSSR count). The quantitative estimate of drug-likeness (QED) is 0.0446. The molecular formula is C87H123B3Li3N3O30S3+3. The van der Waals surface area contributed by atoms with Crippen LogP contribution in [0.25, 0.3) is 0 Å². The summed E-state index contributed by atoms with van der Waals surface area (Å²) in [5.41, 5.74) is 0. The molecule has 0 saturated carbocycles. The van der Waals surface area contributed by atoms with Crippen molar-refractivity contribution in [3.05, 3.63) is 182 Å². The first-order chi connectivity index (χ1) is 60.3. The molecule has 42 heteroatoms. The van der Waals surface area contributed by atoms with E-state index in [4.69, 9.17) is 65.0 Å². The van der Waals surface area contributed by atoms with Crippen LogP contribution in [-0.2, 0) is 103 Å². The Bertz CT molecular complexity index is 3940. The molecule has 18 heterocycles. The summed E-state index contributed by atoms with van der Waals surface area (Å²) in [4.78, 5) is 65.6. The summed E-state index contributed by atoms with van der Waals surface area (Å²) in [5, 5.41) is 58.2. The number of aryl methyl sites for hydroxylation is 2. The molecule has 12 aliphatic rings. The van der Waals surface area contributed by atoms with E-state index in [2.05, 4.69) is 92.6 Å². The van der Waals surface area contributed by atoms with E-state index in [0.717, 1.165) is 127 Å². The Morgan fingerprint density at radius 1 is 0.388 bits per heavy atom. The number of aliphatic hydroxyl groups is 6. The van der Waals surface area contributed by atoms with Gasteiger partial charge in [-0.1, -0.05) is 0 Å². The molecule has 3 spiro atoms. The van der Waals surface area contributed by atoms with Crippen LogP contribution in [0.15, 0.2) is 192 Å². The number of ketones is 3. The van der Waals surface area contributed by atoms with E-state index in [1.807, 2.05) is 77.1 Å². The third-order valence-electron chi connectivity index (χ3n) is 19.3. The van der Waals surface area contributed by atoms with Gasteiger partial charge in [-0.2, -0.15) is 0 Å². The average molecular weight is 1840 g/mol. The van der Waals surface area contributed by atoms with Gasteiger partial charge in [-0.05, 0) is 266 Å². The second-order valence-electron chi connectivity index (χ2n) is 29.9. The monoisotopic (exact) mass is 1840 g/mol. The van der Waals surface area contributed by atoms with E-state index >= 15 is 0 Å². The van der Waals surface area contributed by atoms with Crippen LogP contribution in [0.4, 0.5) is 0 Å². The number of carbonyl (C=O) groups excluding carboxylic acids is 6. The maximum Gasteiger partial charge on any atom is 1.00 e. The van der Waals surface area contributed by atoms with Gasteiger partial charge in [0.05, 0.1) is 102 Å². The Morgan fingerprint density at radius 2 is 0.783 bits per heavy atom. The van der Waals surface area contributed by atoms with Crippen LogP contribution < -0.4 is 56.6 Å². The third kappa shape index (κ3) is 47.8. The third-order valence-corrected chi connectivity index (χ3v) is 19.3. The van der Waals surface area contributed by atoms with Crippen molar-refractivity contribution in [1.82, 2.24) is 0 Å². The normalized spacial score (nSPS) is 28.1. The first-order valence-electron chi connectivity index (χ1n) is 42.0. The van der Waals surface area contributed by atoms with Crippen molar-refractivity contribution in [3.8, 4) is 0 Å². The summed E-state index contributed by atoms with van der Waals surface area (Å²) in [6, 6.07) is 21.7. The maximum atomic E-state index is 11.6. The molecule has 3 radical (unpaired) electrons. The number of carbonyl (C=O) groups is 6. The van der Waals surface area contributed by atoms with Crippen molar-refractivity contribution in [1.29, 1.82) is 0 Å². The fourth-order valence-electron chi connectivity index (χ4n) is 13.2. The number of furan rings is 6. The molecule has 6 N–H and O–H groups in total. The van der Waals surface area contributed by atoms with E-state index in [1.165, 1.54) is 43.4 Å². The molecule has 9 saturated heterocycles. The Labute approximate surface area is 810 Å². The minimum atomic E-state index is -1.40. The van der Waals surface area contributed by atoms with Gasteiger partial charge in [0.25, 0.3) is 0 Å². The number of aliphatic hydroxyl groups excluding tert-OH is 2. The number of esters is 3. The Hall–Kier alpha value is -5.84. The number of rotatable bonds is 3. The van der Waals surface area contributed by atoms with Crippen LogP contribution in [0.2, 0.25) is 0 Å². The minimum Gasteiger partial charge on any atom is -0.473 e. The first-order valence-corrected chi connectivity index (χ1v) is 43.2. The number of cyclic esters (lactones) is 3. The molecule has 0 aliphatic carbocycles. The first kappa shape index (κ1) is 121. The van der Waals surface area contributed by atoms with Crippen LogP contribution in [0.3, 0.4) is 0 Å².